The predicted molar refractivity (Wildman–Crippen MR) is 82.9 cm³/mol. The number of carbonyl (C=O) groups excluding carboxylic acids is 1. The molecule has 1 amide bonds. The molecule has 3 unspecified atom stereocenters. The van der Waals surface area contributed by atoms with Crippen LogP contribution in [0.3, 0.4) is 0 Å². The number of nitrogens with zero attached hydrogens (tertiary/aromatic N) is 1. The van der Waals surface area contributed by atoms with Crippen LogP contribution < -0.4 is 10.6 Å². The Morgan fingerprint density at radius 2 is 2.10 bits per heavy atom. The molecule has 0 saturated carbocycles. The van der Waals surface area contributed by atoms with Crippen molar-refractivity contribution >= 4 is 30.7 Å². The lowest BCUT2D eigenvalue weighted by Gasteiger charge is -2.36. The molecule has 3 aliphatic heterocycles. The molecule has 118 valence electrons. The zero-order valence-corrected chi connectivity index (χ0v) is 13.3. The van der Waals surface area contributed by atoms with Crippen LogP contribution in [0.25, 0.3) is 0 Å². The van der Waals surface area contributed by atoms with Gasteiger partial charge in [-0.25, -0.2) is 0 Å². The molecular formula is C13H25Cl2N3O2. The number of nitrogens with one attached hydrogen (secondary N) is 2. The number of amides is 1. The summed E-state index contributed by atoms with van der Waals surface area (Å²) in [6.07, 6.45) is 4.53. The molecule has 0 aromatic heterocycles. The molecule has 3 aliphatic rings. The molecule has 3 saturated heterocycles. The summed E-state index contributed by atoms with van der Waals surface area (Å²) in [5, 5.41) is 6.37. The van der Waals surface area contributed by atoms with Crippen LogP contribution in [0.2, 0.25) is 0 Å². The Bertz CT molecular complexity index is 314. The highest BCUT2D eigenvalue weighted by Crippen LogP contribution is 2.26. The lowest BCUT2D eigenvalue weighted by atomic mass is 9.97. The molecule has 5 nitrogen and oxygen atoms in total. The highest BCUT2D eigenvalue weighted by molar-refractivity contribution is 5.85. The molecular weight excluding hydrogens is 301 g/mol. The first-order valence-electron chi connectivity index (χ1n) is 7.19. The van der Waals surface area contributed by atoms with Crippen molar-refractivity contribution in [3.8, 4) is 0 Å². The van der Waals surface area contributed by atoms with E-state index in [0.29, 0.717) is 25.2 Å². The Kier molecular flexibility index (Phi) is 7.54. The number of hydrogen-bond donors (Lipinski definition) is 2. The first-order chi connectivity index (χ1) is 8.83. The third-order valence-electron chi connectivity index (χ3n) is 4.39. The number of carbonyl (C=O) groups is 1. The second-order valence-electron chi connectivity index (χ2n) is 5.63. The van der Waals surface area contributed by atoms with Crippen LogP contribution >= 0.6 is 24.8 Å². The van der Waals surface area contributed by atoms with E-state index in [-0.39, 0.29) is 36.8 Å². The summed E-state index contributed by atoms with van der Waals surface area (Å²) in [5.74, 6) is 0.0682. The van der Waals surface area contributed by atoms with E-state index < -0.39 is 0 Å². The lowest BCUT2D eigenvalue weighted by molar-refractivity contribution is -0.135. The van der Waals surface area contributed by atoms with E-state index in [4.69, 9.17) is 4.74 Å². The molecule has 3 heterocycles. The fourth-order valence-electron chi connectivity index (χ4n) is 3.38. The lowest BCUT2D eigenvalue weighted by Crippen LogP contribution is -2.53. The van der Waals surface area contributed by atoms with E-state index in [1.807, 2.05) is 0 Å². The molecule has 7 heteroatoms. The van der Waals surface area contributed by atoms with Gasteiger partial charge in [-0.05, 0) is 32.2 Å². The Morgan fingerprint density at radius 1 is 1.25 bits per heavy atom. The average molecular weight is 326 g/mol. The van der Waals surface area contributed by atoms with Crippen LogP contribution in [0, 0.1) is 0 Å². The van der Waals surface area contributed by atoms with Crippen LogP contribution in [-0.4, -0.2) is 61.8 Å². The zero-order chi connectivity index (χ0) is 12.4. The van der Waals surface area contributed by atoms with Gasteiger partial charge in [0.05, 0.1) is 6.61 Å². The summed E-state index contributed by atoms with van der Waals surface area (Å²) in [4.78, 5) is 14.6. The van der Waals surface area contributed by atoms with E-state index in [2.05, 4.69) is 15.5 Å². The maximum Gasteiger partial charge on any atom is 0.250 e. The Balaban J connectivity index is 0.000001000. The summed E-state index contributed by atoms with van der Waals surface area (Å²) in [6, 6.07) is 1.05. The van der Waals surface area contributed by atoms with Crippen LogP contribution in [0.1, 0.15) is 25.7 Å². The van der Waals surface area contributed by atoms with Gasteiger partial charge in [0.15, 0.2) is 0 Å². The van der Waals surface area contributed by atoms with Gasteiger partial charge in [0.1, 0.15) is 6.10 Å². The number of rotatable bonds is 2. The minimum atomic E-state index is -0.291. The van der Waals surface area contributed by atoms with Gasteiger partial charge in [0, 0.05) is 31.7 Å². The SMILES string of the molecule is Cl.Cl.O=C(NC1CCN2CCCC2C1)C1CNCCO1. The number of hydrogen-bond acceptors (Lipinski definition) is 4. The van der Waals surface area contributed by atoms with Crippen LogP contribution in [0.4, 0.5) is 0 Å². The summed E-state index contributed by atoms with van der Waals surface area (Å²) in [5.41, 5.74) is 0. The number of halogens is 2. The second kappa shape index (κ2) is 8.39. The summed E-state index contributed by atoms with van der Waals surface area (Å²) in [7, 11) is 0. The largest absolute Gasteiger partial charge is 0.366 e. The van der Waals surface area contributed by atoms with Crippen molar-refractivity contribution in [2.24, 2.45) is 0 Å². The Hall–Kier alpha value is -0.0700. The van der Waals surface area contributed by atoms with Crippen molar-refractivity contribution in [2.45, 2.75) is 43.9 Å². The second-order valence-corrected chi connectivity index (χ2v) is 5.63. The number of piperidine rings is 1. The fraction of sp³-hybridized carbons (Fsp3) is 0.923. The average Bonchev–Trinajstić information content (AvgIpc) is 2.87. The van der Waals surface area contributed by atoms with Crippen molar-refractivity contribution in [2.75, 3.05) is 32.8 Å². The highest BCUT2D eigenvalue weighted by atomic mass is 35.5. The first kappa shape index (κ1) is 18.0. The van der Waals surface area contributed by atoms with Crippen LogP contribution in [0.15, 0.2) is 0 Å². The van der Waals surface area contributed by atoms with Crippen LogP contribution in [-0.2, 0) is 9.53 Å². The van der Waals surface area contributed by atoms with E-state index in [1.165, 1.54) is 19.4 Å². The van der Waals surface area contributed by atoms with Gasteiger partial charge in [-0.2, -0.15) is 0 Å². The number of fused-ring (bicyclic) bond motifs is 1. The molecule has 3 atom stereocenters. The van der Waals surface area contributed by atoms with E-state index in [1.54, 1.807) is 0 Å². The molecule has 0 radical (unpaired) electrons. The van der Waals surface area contributed by atoms with Gasteiger partial charge in [-0.1, -0.05) is 0 Å². The number of ether oxygens (including phenoxy) is 1. The molecule has 0 aromatic carbocycles. The molecule has 20 heavy (non-hydrogen) atoms. The van der Waals surface area contributed by atoms with Gasteiger partial charge in [-0.15, -0.1) is 24.8 Å². The third-order valence-corrected chi connectivity index (χ3v) is 4.39. The zero-order valence-electron chi connectivity index (χ0n) is 11.7. The summed E-state index contributed by atoms with van der Waals surface area (Å²) < 4.78 is 5.48. The normalized spacial score (nSPS) is 33.5. The molecule has 3 rings (SSSR count). The van der Waals surface area contributed by atoms with Gasteiger partial charge < -0.3 is 20.3 Å². The Morgan fingerprint density at radius 3 is 2.85 bits per heavy atom. The maximum atomic E-state index is 12.1. The predicted octanol–water partition coefficient (Wildman–Crippen LogP) is 0.561. The summed E-state index contributed by atoms with van der Waals surface area (Å²) >= 11 is 0. The van der Waals surface area contributed by atoms with E-state index >= 15 is 0 Å². The maximum absolute atomic E-state index is 12.1. The fourth-order valence-corrected chi connectivity index (χ4v) is 3.38. The molecule has 0 aliphatic carbocycles. The monoisotopic (exact) mass is 325 g/mol. The first-order valence-corrected chi connectivity index (χ1v) is 7.19. The number of morpholine rings is 1. The van der Waals surface area contributed by atoms with Crippen molar-refractivity contribution in [3.05, 3.63) is 0 Å². The molecule has 3 fully saturated rings. The molecule has 2 N–H and O–H groups in total. The molecule has 0 bridgehead atoms. The topological polar surface area (TPSA) is 53.6 Å². The van der Waals surface area contributed by atoms with E-state index in [9.17, 15) is 4.79 Å². The van der Waals surface area contributed by atoms with Gasteiger partial charge in [0.25, 0.3) is 5.91 Å². The van der Waals surface area contributed by atoms with Gasteiger partial charge >= 0.3 is 0 Å². The molecule has 0 aromatic rings. The van der Waals surface area contributed by atoms with Crippen molar-refractivity contribution in [1.29, 1.82) is 0 Å². The smallest absolute Gasteiger partial charge is 0.250 e. The van der Waals surface area contributed by atoms with Crippen molar-refractivity contribution in [1.82, 2.24) is 15.5 Å². The minimum absolute atomic E-state index is 0. The standard InChI is InChI=1S/C13H23N3O2.2ClH/c17-13(12-9-14-4-7-18-12)15-10-3-6-16-5-1-2-11(16)8-10;;/h10-12,14H,1-9H2,(H,15,17);2*1H. The van der Waals surface area contributed by atoms with Crippen molar-refractivity contribution in [3.63, 3.8) is 0 Å². The van der Waals surface area contributed by atoms with Crippen molar-refractivity contribution < 1.29 is 9.53 Å². The molecule has 0 spiro atoms. The third kappa shape index (κ3) is 4.21. The highest BCUT2D eigenvalue weighted by Gasteiger charge is 2.33. The summed E-state index contributed by atoms with van der Waals surface area (Å²) in [6.45, 7) is 4.53. The Labute approximate surface area is 133 Å². The van der Waals surface area contributed by atoms with Gasteiger partial charge in [-0.3, -0.25) is 4.79 Å². The van der Waals surface area contributed by atoms with E-state index in [0.717, 1.165) is 25.9 Å². The van der Waals surface area contributed by atoms with Gasteiger partial charge in [0.2, 0.25) is 0 Å². The minimum Gasteiger partial charge on any atom is -0.366 e. The van der Waals surface area contributed by atoms with Crippen LogP contribution in [0.5, 0.6) is 0 Å². The quantitative estimate of drug-likeness (QED) is 0.779.